The van der Waals surface area contributed by atoms with Gasteiger partial charge in [-0.2, -0.15) is 0 Å². The fourth-order valence-corrected chi connectivity index (χ4v) is 6.98. The van der Waals surface area contributed by atoms with E-state index in [4.69, 9.17) is 29.3 Å². The van der Waals surface area contributed by atoms with Crippen LogP contribution < -0.4 is 0 Å². The largest absolute Gasteiger partial charge is 0.455 e. The standard InChI is InChI=1S/C49H31N5O/c1-5-14-33(15-6-1)42-31-43(34-16-7-2-8-17-34)51-46(50-42)37-26-24-32(25-27-37)38-28-29-44-41(30-38)39-22-13-23-40(45(39)55-44)49-53-47(35-18-9-3-10-19-35)52-48(54-49)36-20-11-4-12-21-36/h1-31H. The smallest absolute Gasteiger partial charge is 0.167 e. The zero-order chi connectivity index (χ0) is 36.6. The first-order chi connectivity index (χ1) is 27.2. The molecule has 10 aromatic rings. The Kier molecular flexibility index (Phi) is 8.04. The van der Waals surface area contributed by atoms with Gasteiger partial charge in [-0.05, 0) is 35.4 Å². The average Bonchev–Trinajstić information content (AvgIpc) is 3.66. The topological polar surface area (TPSA) is 77.6 Å². The molecule has 0 unspecified atom stereocenters. The first kappa shape index (κ1) is 32.1. The van der Waals surface area contributed by atoms with E-state index in [0.29, 0.717) is 23.3 Å². The molecule has 6 nitrogen and oxygen atoms in total. The van der Waals surface area contributed by atoms with Crippen molar-refractivity contribution in [3.8, 4) is 79.2 Å². The van der Waals surface area contributed by atoms with Gasteiger partial charge >= 0.3 is 0 Å². The van der Waals surface area contributed by atoms with Gasteiger partial charge in [0.1, 0.15) is 11.2 Å². The average molecular weight is 706 g/mol. The molecule has 0 aliphatic carbocycles. The van der Waals surface area contributed by atoms with Crippen LogP contribution in [0.5, 0.6) is 0 Å². The molecular formula is C49H31N5O. The zero-order valence-corrected chi connectivity index (χ0v) is 29.5. The van der Waals surface area contributed by atoms with Crippen LogP contribution in [0.15, 0.2) is 192 Å². The van der Waals surface area contributed by atoms with Crippen LogP contribution in [0.25, 0.3) is 101 Å². The molecule has 0 saturated heterocycles. The highest BCUT2D eigenvalue weighted by Crippen LogP contribution is 2.38. The van der Waals surface area contributed by atoms with Crippen molar-refractivity contribution in [2.24, 2.45) is 0 Å². The molecule has 6 heteroatoms. The van der Waals surface area contributed by atoms with Crippen molar-refractivity contribution in [1.29, 1.82) is 0 Å². The van der Waals surface area contributed by atoms with Crippen LogP contribution in [-0.2, 0) is 0 Å². The molecule has 0 bridgehead atoms. The van der Waals surface area contributed by atoms with Crippen LogP contribution in [0.4, 0.5) is 0 Å². The van der Waals surface area contributed by atoms with Crippen molar-refractivity contribution in [2.45, 2.75) is 0 Å². The lowest BCUT2D eigenvalue weighted by Gasteiger charge is -2.10. The fourth-order valence-electron chi connectivity index (χ4n) is 6.98. The van der Waals surface area contributed by atoms with E-state index in [1.165, 1.54) is 0 Å². The minimum absolute atomic E-state index is 0.558. The molecule has 3 aromatic heterocycles. The van der Waals surface area contributed by atoms with E-state index in [-0.39, 0.29) is 0 Å². The van der Waals surface area contributed by atoms with Crippen LogP contribution in [-0.4, -0.2) is 24.9 Å². The predicted molar refractivity (Wildman–Crippen MR) is 221 cm³/mol. The second-order valence-electron chi connectivity index (χ2n) is 13.3. The molecule has 0 N–H and O–H groups in total. The van der Waals surface area contributed by atoms with Crippen LogP contribution in [0, 0.1) is 0 Å². The maximum absolute atomic E-state index is 6.58. The third kappa shape index (κ3) is 6.22. The number of fused-ring (bicyclic) bond motifs is 3. The summed E-state index contributed by atoms with van der Waals surface area (Å²) in [6, 6.07) is 63.5. The summed E-state index contributed by atoms with van der Waals surface area (Å²) in [4.78, 5) is 24.8. The van der Waals surface area contributed by atoms with Gasteiger partial charge in [-0.15, -0.1) is 0 Å². The summed E-state index contributed by atoms with van der Waals surface area (Å²) in [5, 5.41) is 2.01. The molecule has 0 saturated carbocycles. The van der Waals surface area contributed by atoms with Gasteiger partial charge in [0, 0.05) is 38.6 Å². The molecule has 0 spiro atoms. The summed E-state index contributed by atoms with van der Waals surface area (Å²) in [6.07, 6.45) is 0. The van der Waals surface area contributed by atoms with Crippen LogP contribution >= 0.6 is 0 Å². The molecule has 0 aliphatic rings. The summed E-state index contributed by atoms with van der Waals surface area (Å²) in [6.45, 7) is 0. The number of hydrogen-bond donors (Lipinski definition) is 0. The second-order valence-corrected chi connectivity index (χ2v) is 13.3. The quantitative estimate of drug-likeness (QED) is 0.164. The molecule has 7 aromatic carbocycles. The summed E-state index contributed by atoms with van der Waals surface area (Å²) in [5.41, 5.74) is 11.1. The maximum Gasteiger partial charge on any atom is 0.167 e. The molecule has 0 fully saturated rings. The zero-order valence-electron chi connectivity index (χ0n) is 29.5. The van der Waals surface area contributed by atoms with E-state index < -0.39 is 0 Å². The molecular weight excluding hydrogens is 675 g/mol. The number of hydrogen-bond acceptors (Lipinski definition) is 6. The Morgan fingerprint density at radius 3 is 1.31 bits per heavy atom. The monoisotopic (exact) mass is 705 g/mol. The number of benzene rings is 7. The SMILES string of the molecule is c1ccc(-c2cc(-c3ccccc3)nc(-c3ccc(-c4ccc5oc6c(-c7nc(-c8ccccc8)nc(-c8ccccc8)n7)cccc6c5c4)cc3)n2)cc1. The second kappa shape index (κ2) is 13.8. The third-order valence-electron chi connectivity index (χ3n) is 9.78. The Balaban J connectivity index is 1.03. The number of aromatic nitrogens is 5. The van der Waals surface area contributed by atoms with Crippen molar-refractivity contribution in [2.75, 3.05) is 0 Å². The van der Waals surface area contributed by atoms with Crippen molar-refractivity contribution >= 4 is 21.9 Å². The number of nitrogens with zero attached hydrogens (tertiary/aromatic N) is 5. The molecule has 10 rings (SSSR count). The highest BCUT2D eigenvalue weighted by Gasteiger charge is 2.18. The van der Waals surface area contributed by atoms with Crippen LogP contribution in [0.3, 0.4) is 0 Å². The van der Waals surface area contributed by atoms with Gasteiger partial charge in [-0.1, -0.05) is 164 Å². The fraction of sp³-hybridized carbons (Fsp3) is 0. The van der Waals surface area contributed by atoms with E-state index in [1.54, 1.807) is 0 Å². The summed E-state index contributed by atoms with van der Waals surface area (Å²) in [5.74, 6) is 2.45. The van der Waals surface area contributed by atoms with Crippen LogP contribution in [0.1, 0.15) is 0 Å². The summed E-state index contributed by atoms with van der Waals surface area (Å²) in [7, 11) is 0. The number of para-hydroxylation sites is 1. The van der Waals surface area contributed by atoms with Gasteiger partial charge in [-0.25, -0.2) is 24.9 Å². The van der Waals surface area contributed by atoms with E-state index in [0.717, 1.165) is 77.8 Å². The van der Waals surface area contributed by atoms with E-state index in [2.05, 4.69) is 72.8 Å². The number of rotatable bonds is 7. The third-order valence-corrected chi connectivity index (χ3v) is 9.78. The molecule has 258 valence electrons. The molecule has 0 aliphatic heterocycles. The first-order valence-electron chi connectivity index (χ1n) is 18.2. The summed E-state index contributed by atoms with van der Waals surface area (Å²) < 4.78 is 6.58. The van der Waals surface area contributed by atoms with E-state index >= 15 is 0 Å². The normalized spacial score (nSPS) is 11.3. The van der Waals surface area contributed by atoms with Crippen molar-refractivity contribution in [3.05, 3.63) is 188 Å². The number of furan rings is 1. The first-order valence-corrected chi connectivity index (χ1v) is 18.2. The minimum atomic E-state index is 0.558. The van der Waals surface area contributed by atoms with Gasteiger partial charge in [0.2, 0.25) is 0 Å². The Labute approximate surface area is 317 Å². The molecule has 0 amide bonds. The van der Waals surface area contributed by atoms with Gasteiger partial charge in [0.25, 0.3) is 0 Å². The van der Waals surface area contributed by atoms with Crippen LogP contribution in [0.2, 0.25) is 0 Å². The van der Waals surface area contributed by atoms with Gasteiger partial charge in [-0.3, -0.25) is 0 Å². The summed E-state index contributed by atoms with van der Waals surface area (Å²) >= 11 is 0. The Morgan fingerprint density at radius 2 is 0.745 bits per heavy atom. The van der Waals surface area contributed by atoms with E-state index in [1.807, 2.05) is 115 Å². The maximum atomic E-state index is 6.58. The Morgan fingerprint density at radius 1 is 0.291 bits per heavy atom. The minimum Gasteiger partial charge on any atom is -0.455 e. The van der Waals surface area contributed by atoms with Crippen molar-refractivity contribution < 1.29 is 4.42 Å². The lowest BCUT2D eigenvalue weighted by molar-refractivity contribution is 0.669. The van der Waals surface area contributed by atoms with Crippen molar-refractivity contribution in [3.63, 3.8) is 0 Å². The van der Waals surface area contributed by atoms with Gasteiger partial charge in [0.05, 0.1) is 17.0 Å². The molecule has 3 heterocycles. The molecule has 55 heavy (non-hydrogen) atoms. The molecule has 0 radical (unpaired) electrons. The predicted octanol–water partition coefficient (Wildman–Crippen LogP) is 12.2. The highest BCUT2D eigenvalue weighted by atomic mass is 16.3. The van der Waals surface area contributed by atoms with Gasteiger partial charge < -0.3 is 4.42 Å². The Bertz CT molecular complexity index is 2830. The van der Waals surface area contributed by atoms with Crippen molar-refractivity contribution in [1.82, 2.24) is 24.9 Å². The lowest BCUT2D eigenvalue weighted by Crippen LogP contribution is -2.00. The lowest BCUT2D eigenvalue weighted by atomic mass is 10.0. The highest BCUT2D eigenvalue weighted by molar-refractivity contribution is 6.10. The Hall–Kier alpha value is -7.57. The van der Waals surface area contributed by atoms with Gasteiger partial charge in [0.15, 0.2) is 23.3 Å². The molecule has 0 atom stereocenters. The van der Waals surface area contributed by atoms with E-state index in [9.17, 15) is 0 Å².